The number of pyridine rings is 1. The Hall–Kier alpha value is -1.24. The lowest BCUT2D eigenvalue weighted by molar-refractivity contribution is -0.124. The zero-order valence-electron chi connectivity index (χ0n) is 12.1. The van der Waals surface area contributed by atoms with E-state index in [0.29, 0.717) is 12.5 Å². The molecule has 3 N–H and O–H groups in total. The molecule has 0 radical (unpaired) electrons. The number of ether oxygens (including phenoxy) is 1. The molecular weight excluding hydrogens is 353 g/mol. The van der Waals surface area contributed by atoms with Crippen LogP contribution in [0, 0.1) is 5.92 Å². The normalized spacial score (nSPS) is 10.6. The predicted molar refractivity (Wildman–Crippen MR) is 86.4 cm³/mol. The molecule has 122 valence electrons. The summed E-state index contributed by atoms with van der Waals surface area (Å²) in [6.45, 7) is 4.13. The van der Waals surface area contributed by atoms with Crippen LogP contribution in [-0.4, -0.2) is 30.0 Å². The second-order valence-corrected chi connectivity index (χ2v) is 6.02. The average molecular weight is 369 g/mol. The van der Waals surface area contributed by atoms with Crippen LogP contribution in [0.15, 0.2) is 0 Å². The fourth-order valence-corrected chi connectivity index (χ4v) is 2.00. The molecule has 0 atom stereocenters. The highest BCUT2D eigenvalue weighted by Crippen LogP contribution is 2.34. The van der Waals surface area contributed by atoms with Gasteiger partial charge in [0.25, 0.3) is 5.91 Å². The maximum Gasteiger partial charge on any atom is 0.359 e. The van der Waals surface area contributed by atoms with Gasteiger partial charge in [-0.2, -0.15) is 0 Å². The van der Waals surface area contributed by atoms with Crippen molar-refractivity contribution in [2.75, 3.05) is 18.9 Å². The number of rotatable bonds is 6. The van der Waals surface area contributed by atoms with Crippen molar-refractivity contribution in [1.29, 1.82) is 0 Å². The molecular formula is C13H16Cl3N3O3. The largest absolute Gasteiger partial charge is 0.451 e. The molecule has 0 aromatic carbocycles. The quantitative estimate of drug-likeness (QED) is 0.594. The van der Waals surface area contributed by atoms with E-state index in [1.54, 1.807) is 0 Å². The number of aromatic nitrogens is 1. The number of hydrogen-bond acceptors (Lipinski definition) is 5. The Morgan fingerprint density at radius 2 is 1.91 bits per heavy atom. The topological polar surface area (TPSA) is 94.3 Å². The first-order valence-electron chi connectivity index (χ1n) is 6.47. The number of nitrogens with two attached hydrogens (primary N) is 1. The molecule has 22 heavy (non-hydrogen) atoms. The van der Waals surface area contributed by atoms with Crippen molar-refractivity contribution in [3.05, 3.63) is 20.9 Å². The van der Waals surface area contributed by atoms with Gasteiger partial charge in [0.2, 0.25) is 0 Å². The van der Waals surface area contributed by atoms with Gasteiger partial charge in [-0.15, -0.1) is 0 Å². The van der Waals surface area contributed by atoms with Crippen LogP contribution < -0.4 is 11.1 Å². The van der Waals surface area contributed by atoms with Crippen molar-refractivity contribution in [3.63, 3.8) is 0 Å². The van der Waals surface area contributed by atoms with Gasteiger partial charge in [0.15, 0.2) is 17.5 Å². The van der Waals surface area contributed by atoms with Crippen LogP contribution in [0.25, 0.3) is 0 Å². The molecule has 1 aromatic heterocycles. The van der Waals surface area contributed by atoms with Crippen molar-refractivity contribution in [1.82, 2.24) is 10.3 Å². The highest BCUT2D eigenvalue weighted by atomic mass is 35.5. The molecule has 0 aliphatic heterocycles. The Balaban J connectivity index is 2.61. The lowest BCUT2D eigenvalue weighted by Crippen LogP contribution is -2.30. The van der Waals surface area contributed by atoms with Gasteiger partial charge in [0.1, 0.15) is 5.02 Å². The molecule has 6 nitrogen and oxygen atoms in total. The third-order valence-corrected chi connectivity index (χ3v) is 3.78. The van der Waals surface area contributed by atoms with Crippen LogP contribution in [0.5, 0.6) is 0 Å². The molecule has 0 saturated carbocycles. The van der Waals surface area contributed by atoms with Crippen LogP contribution in [0.1, 0.15) is 30.8 Å². The van der Waals surface area contributed by atoms with E-state index in [2.05, 4.69) is 10.3 Å². The van der Waals surface area contributed by atoms with Crippen LogP contribution >= 0.6 is 34.8 Å². The van der Waals surface area contributed by atoms with Crippen LogP contribution in [0.3, 0.4) is 0 Å². The van der Waals surface area contributed by atoms with E-state index in [9.17, 15) is 9.59 Å². The molecule has 0 unspecified atom stereocenters. The van der Waals surface area contributed by atoms with E-state index in [4.69, 9.17) is 45.3 Å². The van der Waals surface area contributed by atoms with Crippen LogP contribution in [-0.2, 0) is 9.53 Å². The number of nitrogen functional groups attached to an aromatic ring is 1. The molecule has 0 fully saturated rings. The molecule has 1 aromatic rings. The second-order valence-electron chi connectivity index (χ2n) is 4.90. The Morgan fingerprint density at radius 3 is 2.50 bits per heavy atom. The van der Waals surface area contributed by atoms with Gasteiger partial charge in [-0.05, 0) is 12.3 Å². The molecule has 1 rings (SSSR count). The van der Waals surface area contributed by atoms with Crippen LogP contribution in [0.4, 0.5) is 5.69 Å². The zero-order chi connectivity index (χ0) is 16.9. The summed E-state index contributed by atoms with van der Waals surface area (Å²) in [5, 5.41) is 2.24. The van der Waals surface area contributed by atoms with Gasteiger partial charge in [0, 0.05) is 6.54 Å². The predicted octanol–water partition coefficient (Wildman–Crippen LogP) is 2.94. The summed E-state index contributed by atoms with van der Waals surface area (Å²) in [6.07, 6.45) is 0.830. The Labute approximate surface area is 143 Å². The second kappa shape index (κ2) is 8.41. The first-order chi connectivity index (χ1) is 10.2. The molecule has 9 heteroatoms. The fraction of sp³-hybridized carbons (Fsp3) is 0.462. The number of carbonyl (C=O) groups excluding carboxylic acids is 2. The van der Waals surface area contributed by atoms with Crippen molar-refractivity contribution >= 4 is 52.4 Å². The van der Waals surface area contributed by atoms with E-state index in [-0.39, 0.29) is 26.6 Å². The Kier molecular flexibility index (Phi) is 7.19. The maximum absolute atomic E-state index is 11.9. The first kappa shape index (κ1) is 18.8. The summed E-state index contributed by atoms with van der Waals surface area (Å²) in [5.74, 6) is -0.863. The monoisotopic (exact) mass is 367 g/mol. The summed E-state index contributed by atoms with van der Waals surface area (Å²) < 4.78 is 4.82. The standard InChI is InChI=1S/C13H16Cl3N3O3/c1-6(2)3-4-18-7(20)5-22-13(21)11-8(14)10(17)9(15)12(16)19-11/h6H,3-5H2,1-2H3,(H2,17,19)(H,18,20). The molecule has 0 bridgehead atoms. The van der Waals surface area contributed by atoms with Crippen molar-refractivity contribution in [3.8, 4) is 0 Å². The zero-order valence-corrected chi connectivity index (χ0v) is 14.3. The minimum atomic E-state index is -0.908. The summed E-state index contributed by atoms with van der Waals surface area (Å²) in [4.78, 5) is 27.1. The van der Waals surface area contributed by atoms with Gasteiger partial charge in [-0.25, -0.2) is 9.78 Å². The lowest BCUT2D eigenvalue weighted by Gasteiger charge is -2.10. The number of nitrogens with zero attached hydrogens (tertiary/aromatic N) is 1. The molecule has 0 saturated heterocycles. The average Bonchev–Trinajstić information content (AvgIpc) is 2.46. The number of hydrogen-bond donors (Lipinski definition) is 2. The van der Waals surface area contributed by atoms with E-state index < -0.39 is 18.5 Å². The number of amides is 1. The molecule has 0 aliphatic rings. The van der Waals surface area contributed by atoms with E-state index in [1.807, 2.05) is 13.8 Å². The van der Waals surface area contributed by atoms with Gasteiger partial charge in [0.05, 0.1) is 10.7 Å². The van der Waals surface area contributed by atoms with Crippen molar-refractivity contribution in [2.24, 2.45) is 5.92 Å². The van der Waals surface area contributed by atoms with Gasteiger partial charge >= 0.3 is 5.97 Å². The van der Waals surface area contributed by atoms with Gasteiger partial charge in [-0.3, -0.25) is 4.79 Å². The highest BCUT2D eigenvalue weighted by Gasteiger charge is 2.21. The number of halogens is 3. The SMILES string of the molecule is CC(C)CCNC(=O)COC(=O)c1nc(Cl)c(Cl)c(N)c1Cl. The summed E-state index contributed by atoms with van der Waals surface area (Å²) in [7, 11) is 0. The Morgan fingerprint density at radius 1 is 1.27 bits per heavy atom. The van der Waals surface area contributed by atoms with E-state index in [0.717, 1.165) is 6.42 Å². The number of carbonyl (C=O) groups is 2. The minimum absolute atomic E-state index is 0.0466. The first-order valence-corrected chi connectivity index (χ1v) is 7.61. The van der Waals surface area contributed by atoms with Crippen LogP contribution in [0.2, 0.25) is 15.2 Å². The molecule has 0 spiro atoms. The smallest absolute Gasteiger partial charge is 0.359 e. The molecule has 1 amide bonds. The van der Waals surface area contributed by atoms with Crippen molar-refractivity contribution < 1.29 is 14.3 Å². The molecule has 1 heterocycles. The fourth-order valence-electron chi connectivity index (χ4n) is 1.42. The maximum atomic E-state index is 11.9. The summed E-state index contributed by atoms with van der Waals surface area (Å²) >= 11 is 17.3. The Bertz CT molecular complexity index is 579. The number of nitrogens with one attached hydrogen (secondary N) is 1. The minimum Gasteiger partial charge on any atom is -0.451 e. The van der Waals surface area contributed by atoms with E-state index >= 15 is 0 Å². The number of esters is 1. The third kappa shape index (κ3) is 5.19. The van der Waals surface area contributed by atoms with Gasteiger partial charge in [-0.1, -0.05) is 48.7 Å². The number of anilines is 1. The molecule has 0 aliphatic carbocycles. The lowest BCUT2D eigenvalue weighted by atomic mass is 10.1. The van der Waals surface area contributed by atoms with Crippen molar-refractivity contribution in [2.45, 2.75) is 20.3 Å². The third-order valence-electron chi connectivity index (χ3n) is 2.64. The summed E-state index contributed by atoms with van der Waals surface area (Å²) in [5.41, 5.74) is 5.23. The van der Waals surface area contributed by atoms with Gasteiger partial charge < -0.3 is 15.8 Å². The highest BCUT2D eigenvalue weighted by molar-refractivity contribution is 6.46. The summed E-state index contributed by atoms with van der Waals surface area (Å²) in [6, 6.07) is 0. The van der Waals surface area contributed by atoms with E-state index in [1.165, 1.54) is 0 Å².